The molecule has 0 aliphatic heterocycles. The molecule has 1 aromatic heterocycles. The van der Waals surface area contributed by atoms with Crippen molar-refractivity contribution in [2.24, 2.45) is 5.10 Å². The van der Waals surface area contributed by atoms with Crippen molar-refractivity contribution in [3.63, 3.8) is 0 Å². The predicted octanol–water partition coefficient (Wildman–Crippen LogP) is 4.15. The fourth-order valence-corrected chi connectivity index (χ4v) is 3.86. The Balaban J connectivity index is 1.92. The molecule has 1 heterocycles. The Morgan fingerprint density at radius 3 is 2.78 bits per heavy atom. The monoisotopic (exact) mass is 446 g/mol. The fourth-order valence-electron chi connectivity index (χ4n) is 2.53. The van der Waals surface area contributed by atoms with E-state index < -0.39 is 4.92 Å². The minimum Gasteiger partial charge on any atom is -0.315 e. The number of rotatable bonds is 5. The minimum atomic E-state index is -0.421. The van der Waals surface area contributed by atoms with Crippen LogP contribution in [0.3, 0.4) is 0 Å². The van der Waals surface area contributed by atoms with Gasteiger partial charge in [0.05, 0.1) is 10.6 Å². The molecular formula is C18H15BrN4O3S. The summed E-state index contributed by atoms with van der Waals surface area (Å²) in [5, 5.41) is 17.1. The van der Waals surface area contributed by atoms with Gasteiger partial charge in [0.25, 0.3) is 11.6 Å². The van der Waals surface area contributed by atoms with Gasteiger partial charge in [0.1, 0.15) is 0 Å². The smallest absolute Gasteiger partial charge is 0.271 e. The van der Waals surface area contributed by atoms with Crippen molar-refractivity contribution in [1.82, 2.24) is 9.99 Å². The van der Waals surface area contributed by atoms with Crippen LogP contribution in [0.5, 0.6) is 0 Å². The van der Waals surface area contributed by atoms with Crippen molar-refractivity contribution in [3.8, 4) is 11.3 Å². The number of aromatic nitrogens is 1. The highest BCUT2D eigenvalue weighted by molar-refractivity contribution is 9.10. The van der Waals surface area contributed by atoms with Gasteiger partial charge in [0.2, 0.25) is 4.80 Å². The van der Waals surface area contributed by atoms with Gasteiger partial charge in [-0.3, -0.25) is 14.9 Å². The highest BCUT2D eigenvalue weighted by Gasteiger charge is 2.12. The number of carbonyl (C=O) groups excluding carboxylic acids is 1. The normalized spacial score (nSPS) is 11.4. The molecule has 1 N–H and O–H groups in total. The number of non-ortho nitro benzene ring substituents is 1. The Labute approximate surface area is 167 Å². The largest absolute Gasteiger partial charge is 0.315 e. The second-order valence-corrected chi connectivity index (χ2v) is 7.27. The first-order valence-electron chi connectivity index (χ1n) is 8.02. The van der Waals surface area contributed by atoms with Crippen molar-refractivity contribution in [2.45, 2.75) is 13.5 Å². The summed E-state index contributed by atoms with van der Waals surface area (Å²) in [6.45, 7) is 2.55. The quantitative estimate of drug-likeness (QED) is 0.471. The van der Waals surface area contributed by atoms with Crippen LogP contribution < -0.4 is 10.2 Å². The molecule has 1 amide bonds. The van der Waals surface area contributed by atoms with E-state index in [4.69, 9.17) is 0 Å². The van der Waals surface area contributed by atoms with Gasteiger partial charge in [-0.05, 0) is 25.1 Å². The van der Waals surface area contributed by atoms with E-state index in [0.29, 0.717) is 16.9 Å². The first-order chi connectivity index (χ1) is 13.0. The molecule has 7 nitrogen and oxygen atoms in total. The molecule has 0 fully saturated rings. The average molecular weight is 447 g/mol. The molecule has 0 atom stereocenters. The number of benzene rings is 2. The third kappa shape index (κ3) is 4.32. The minimum absolute atomic E-state index is 0.0304. The van der Waals surface area contributed by atoms with Crippen molar-refractivity contribution in [2.75, 3.05) is 0 Å². The number of nitrogens with zero attached hydrogens (tertiary/aromatic N) is 3. The van der Waals surface area contributed by atoms with Crippen LogP contribution in [0.25, 0.3) is 11.3 Å². The molecule has 0 unspecified atom stereocenters. The molecule has 138 valence electrons. The van der Waals surface area contributed by atoms with Crippen LogP contribution in [0.2, 0.25) is 0 Å². The zero-order valence-corrected chi connectivity index (χ0v) is 16.7. The molecule has 9 heteroatoms. The molecule has 3 aromatic rings. The van der Waals surface area contributed by atoms with E-state index in [1.165, 1.54) is 23.5 Å². The van der Waals surface area contributed by atoms with Gasteiger partial charge in [-0.1, -0.05) is 34.1 Å². The van der Waals surface area contributed by atoms with E-state index >= 15 is 0 Å². The van der Waals surface area contributed by atoms with Gasteiger partial charge in [-0.2, -0.15) is 0 Å². The molecule has 0 aliphatic carbocycles. The third-order valence-corrected chi connectivity index (χ3v) is 5.16. The zero-order chi connectivity index (χ0) is 19.4. The summed E-state index contributed by atoms with van der Waals surface area (Å²) >= 11 is 4.69. The first-order valence-corrected chi connectivity index (χ1v) is 9.69. The van der Waals surface area contributed by atoms with Gasteiger partial charge >= 0.3 is 0 Å². The van der Waals surface area contributed by atoms with Crippen LogP contribution in [0, 0.1) is 10.1 Å². The van der Waals surface area contributed by atoms with Crippen LogP contribution in [-0.4, -0.2) is 15.4 Å². The number of nitro groups is 1. The van der Waals surface area contributed by atoms with Crippen LogP contribution in [0.1, 0.15) is 17.3 Å². The highest BCUT2D eigenvalue weighted by atomic mass is 79.9. The topological polar surface area (TPSA) is 89.5 Å². The Bertz CT molecular complexity index is 1070. The average Bonchev–Trinajstić information content (AvgIpc) is 3.09. The van der Waals surface area contributed by atoms with Crippen molar-refractivity contribution >= 4 is 38.9 Å². The van der Waals surface area contributed by atoms with Gasteiger partial charge in [0, 0.05) is 39.7 Å². The maximum atomic E-state index is 12.3. The predicted molar refractivity (Wildman–Crippen MR) is 107 cm³/mol. The number of nitro benzene ring substituents is 1. The Morgan fingerprint density at radius 1 is 1.30 bits per heavy atom. The number of halogens is 1. The Hall–Kier alpha value is -2.78. The maximum Gasteiger partial charge on any atom is 0.271 e. The molecule has 0 saturated heterocycles. The summed E-state index contributed by atoms with van der Waals surface area (Å²) in [6.07, 6.45) is 0. The number of carbonyl (C=O) groups is 1. The SMILES string of the molecule is CCn1c(-c2cccc([N+](=O)[O-])c2)cs/c1=N/NC(=O)c1cccc(Br)c1. The van der Waals surface area contributed by atoms with Gasteiger partial charge in [0.15, 0.2) is 0 Å². The van der Waals surface area contributed by atoms with E-state index in [9.17, 15) is 14.9 Å². The number of nitrogens with one attached hydrogen (secondary N) is 1. The van der Waals surface area contributed by atoms with E-state index in [0.717, 1.165) is 15.7 Å². The van der Waals surface area contributed by atoms with Gasteiger partial charge < -0.3 is 4.57 Å². The van der Waals surface area contributed by atoms with Crippen LogP contribution in [0.4, 0.5) is 5.69 Å². The van der Waals surface area contributed by atoms with Crippen LogP contribution in [0.15, 0.2) is 63.5 Å². The standard InChI is InChI=1S/C18H15BrN4O3S/c1-2-22-16(12-5-4-8-15(10-12)23(25)26)11-27-18(22)21-20-17(24)13-6-3-7-14(19)9-13/h3-11H,2H2,1H3,(H,20,24)/b21-18+. The molecule has 0 saturated carbocycles. The lowest BCUT2D eigenvalue weighted by Gasteiger charge is -2.06. The second-order valence-electron chi connectivity index (χ2n) is 5.52. The Kier molecular flexibility index (Phi) is 5.82. The van der Waals surface area contributed by atoms with Crippen molar-refractivity contribution < 1.29 is 9.72 Å². The summed E-state index contributed by atoms with van der Waals surface area (Å²) in [5.41, 5.74) is 4.61. The summed E-state index contributed by atoms with van der Waals surface area (Å²) in [7, 11) is 0. The molecular weight excluding hydrogens is 432 g/mol. The molecule has 0 aliphatic rings. The maximum absolute atomic E-state index is 12.3. The summed E-state index contributed by atoms with van der Waals surface area (Å²) in [6, 6.07) is 13.5. The fraction of sp³-hybridized carbons (Fsp3) is 0.111. The summed E-state index contributed by atoms with van der Waals surface area (Å²) < 4.78 is 2.70. The molecule has 0 bridgehead atoms. The Morgan fingerprint density at radius 2 is 2.07 bits per heavy atom. The highest BCUT2D eigenvalue weighted by Crippen LogP contribution is 2.24. The second kappa shape index (κ2) is 8.28. The number of amides is 1. The number of thiazole rings is 1. The van der Waals surface area contributed by atoms with E-state index in [1.807, 2.05) is 29.0 Å². The van der Waals surface area contributed by atoms with Gasteiger partial charge in [-0.25, -0.2) is 5.43 Å². The lowest BCUT2D eigenvalue weighted by atomic mass is 10.1. The van der Waals surface area contributed by atoms with Crippen molar-refractivity contribution in [1.29, 1.82) is 0 Å². The lowest BCUT2D eigenvalue weighted by Crippen LogP contribution is -2.24. The lowest BCUT2D eigenvalue weighted by molar-refractivity contribution is -0.384. The number of hydrogen-bond acceptors (Lipinski definition) is 5. The summed E-state index contributed by atoms with van der Waals surface area (Å²) in [5.74, 6) is -0.316. The van der Waals surface area contributed by atoms with Gasteiger partial charge in [-0.15, -0.1) is 16.4 Å². The van der Waals surface area contributed by atoms with E-state index in [2.05, 4.69) is 26.5 Å². The molecule has 3 rings (SSSR count). The molecule has 0 spiro atoms. The summed E-state index contributed by atoms with van der Waals surface area (Å²) in [4.78, 5) is 23.5. The molecule has 0 radical (unpaired) electrons. The van der Waals surface area contributed by atoms with E-state index in [-0.39, 0.29) is 11.6 Å². The molecule has 27 heavy (non-hydrogen) atoms. The first kappa shape index (κ1) is 19.0. The molecule has 2 aromatic carbocycles. The van der Waals surface area contributed by atoms with Crippen LogP contribution in [-0.2, 0) is 6.54 Å². The van der Waals surface area contributed by atoms with E-state index in [1.54, 1.807) is 24.3 Å². The van der Waals surface area contributed by atoms with Crippen LogP contribution >= 0.6 is 27.3 Å². The number of hydrogen-bond donors (Lipinski definition) is 1. The van der Waals surface area contributed by atoms with Crippen molar-refractivity contribution in [3.05, 3.63) is 78.9 Å². The zero-order valence-electron chi connectivity index (χ0n) is 14.3. The third-order valence-electron chi connectivity index (χ3n) is 3.81.